The molecule has 4 heterocycles. The topological polar surface area (TPSA) is 94.6 Å². The van der Waals surface area contributed by atoms with E-state index in [0.717, 1.165) is 83.5 Å². The van der Waals surface area contributed by atoms with E-state index in [1.54, 1.807) is 24.8 Å². The number of anilines is 3. The summed E-state index contributed by atoms with van der Waals surface area (Å²) in [6.45, 7) is 3.56. The van der Waals surface area contributed by atoms with Gasteiger partial charge in [-0.3, -0.25) is 4.79 Å². The molecule has 1 unspecified atom stereocenters. The summed E-state index contributed by atoms with van der Waals surface area (Å²) in [6.07, 6.45) is 4.13. The molecule has 2 aliphatic heterocycles. The third kappa shape index (κ3) is 3.86. The Hall–Kier alpha value is -2.60. The van der Waals surface area contributed by atoms with Crippen LogP contribution in [0.15, 0.2) is 23.4 Å². The van der Waals surface area contributed by atoms with Gasteiger partial charge in [0.1, 0.15) is 22.7 Å². The fourth-order valence-electron chi connectivity index (χ4n) is 4.97. The molecular formula is C23H27N7O2S2. The second-order valence-electron chi connectivity index (χ2n) is 8.98. The highest BCUT2D eigenvalue weighted by molar-refractivity contribution is 7.98. The van der Waals surface area contributed by atoms with Crippen molar-refractivity contribution in [3.8, 4) is 5.75 Å². The molecule has 0 saturated carbocycles. The molecule has 1 saturated heterocycles. The van der Waals surface area contributed by atoms with Crippen LogP contribution in [0.25, 0.3) is 10.2 Å². The third-order valence-electron chi connectivity index (χ3n) is 6.91. The van der Waals surface area contributed by atoms with Crippen molar-refractivity contribution < 1.29 is 9.53 Å². The molecule has 0 radical (unpaired) electrons. The number of rotatable bonds is 4. The van der Waals surface area contributed by atoms with Crippen molar-refractivity contribution in [2.45, 2.75) is 24.2 Å². The standard InChI is InChI=1S/C23H27N7O2S2/c1-29-5-7-30(8-6-29)23(31)13-3-4-14-18(9-13)33-22-20(14)21(24-12-25-22)26-15-11-19-16(27-28-34-19)10-17(15)32-2/h10-13,27-28H,3-9H2,1-2H3,(H,24,25,26). The summed E-state index contributed by atoms with van der Waals surface area (Å²) in [5.41, 5.74) is 6.25. The van der Waals surface area contributed by atoms with E-state index in [1.807, 2.05) is 6.07 Å². The minimum Gasteiger partial charge on any atom is -0.494 e. The smallest absolute Gasteiger partial charge is 0.226 e. The predicted molar refractivity (Wildman–Crippen MR) is 136 cm³/mol. The van der Waals surface area contributed by atoms with Crippen molar-refractivity contribution in [1.29, 1.82) is 0 Å². The second kappa shape index (κ2) is 8.88. The van der Waals surface area contributed by atoms with E-state index in [9.17, 15) is 4.79 Å². The first-order valence-corrected chi connectivity index (χ1v) is 13.1. The molecule has 3 N–H and O–H groups in total. The SMILES string of the molecule is COc1cc2c(cc1Nc1ncnc3sc4c(c13)CCC(C(=O)N1CCN(C)CC1)C4)SNN2. The molecule has 3 aromatic rings. The van der Waals surface area contributed by atoms with Crippen molar-refractivity contribution in [3.63, 3.8) is 0 Å². The highest BCUT2D eigenvalue weighted by Gasteiger charge is 2.32. The van der Waals surface area contributed by atoms with Crippen molar-refractivity contribution in [1.82, 2.24) is 24.6 Å². The Morgan fingerprint density at radius 3 is 2.91 bits per heavy atom. The van der Waals surface area contributed by atoms with Gasteiger partial charge in [0.05, 0.1) is 28.8 Å². The fourth-order valence-corrected chi connectivity index (χ4v) is 6.91. The van der Waals surface area contributed by atoms with Crippen LogP contribution in [0.4, 0.5) is 17.2 Å². The van der Waals surface area contributed by atoms with Crippen molar-refractivity contribution >= 4 is 56.6 Å². The molecule has 11 heteroatoms. The van der Waals surface area contributed by atoms with Gasteiger partial charge in [0.25, 0.3) is 0 Å². The van der Waals surface area contributed by atoms with Gasteiger partial charge in [-0.05, 0) is 49.9 Å². The van der Waals surface area contributed by atoms with Crippen LogP contribution in [0.2, 0.25) is 0 Å². The highest BCUT2D eigenvalue weighted by atomic mass is 32.2. The minimum atomic E-state index is 0.0576. The number of aromatic nitrogens is 2. The Morgan fingerprint density at radius 1 is 1.24 bits per heavy atom. The van der Waals surface area contributed by atoms with Crippen LogP contribution >= 0.6 is 23.3 Å². The number of piperazine rings is 1. The molecule has 1 aliphatic carbocycles. The van der Waals surface area contributed by atoms with Crippen LogP contribution in [-0.2, 0) is 17.6 Å². The Bertz CT molecular complexity index is 1260. The highest BCUT2D eigenvalue weighted by Crippen LogP contribution is 2.43. The summed E-state index contributed by atoms with van der Waals surface area (Å²) in [5.74, 6) is 1.89. The summed E-state index contributed by atoms with van der Waals surface area (Å²) in [5, 5.41) is 4.57. The van der Waals surface area contributed by atoms with Crippen LogP contribution in [0, 0.1) is 5.92 Å². The molecule has 34 heavy (non-hydrogen) atoms. The minimum absolute atomic E-state index is 0.0576. The van der Waals surface area contributed by atoms with E-state index >= 15 is 0 Å². The number of likely N-dealkylation sites (N-methyl/N-ethyl adjacent to an activating group) is 1. The normalized spacial score (nSPS) is 20.1. The van der Waals surface area contributed by atoms with Gasteiger partial charge in [0.15, 0.2) is 0 Å². The lowest BCUT2D eigenvalue weighted by Crippen LogP contribution is -2.49. The molecule has 1 fully saturated rings. The maximum atomic E-state index is 13.2. The van der Waals surface area contributed by atoms with Gasteiger partial charge in [-0.25, -0.2) is 9.97 Å². The van der Waals surface area contributed by atoms with Crippen molar-refractivity contribution in [2.24, 2.45) is 5.92 Å². The molecule has 3 aliphatic rings. The van der Waals surface area contributed by atoms with Gasteiger partial charge in [-0.2, -0.15) is 4.83 Å². The van der Waals surface area contributed by atoms with Crippen LogP contribution in [0.1, 0.15) is 16.9 Å². The molecule has 2 aromatic heterocycles. The maximum absolute atomic E-state index is 13.2. The number of amides is 1. The molecule has 9 nitrogen and oxygen atoms in total. The zero-order valence-corrected chi connectivity index (χ0v) is 20.8. The number of fused-ring (bicyclic) bond motifs is 4. The quantitative estimate of drug-likeness (QED) is 0.470. The number of aryl methyl sites for hydroxylation is 1. The molecule has 1 aromatic carbocycles. The third-order valence-corrected chi connectivity index (χ3v) is 8.84. The summed E-state index contributed by atoms with van der Waals surface area (Å²) in [7, 11) is 3.78. The Balaban J connectivity index is 1.28. The first-order chi connectivity index (χ1) is 16.6. The zero-order chi connectivity index (χ0) is 23.2. The summed E-state index contributed by atoms with van der Waals surface area (Å²) >= 11 is 3.23. The van der Waals surface area contributed by atoms with E-state index < -0.39 is 0 Å². The first-order valence-electron chi connectivity index (χ1n) is 11.5. The first kappa shape index (κ1) is 21.9. The number of benzene rings is 1. The largest absolute Gasteiger partial charge is 0.494 e. The Morgan fingerprint density at radius 2 is 2.09 bits per heavy atom. The number of nitrogens with one attached hydrogen (secondary N) is 3. The summed E-state index contributed by atoms with van der Waals surface area (Å²) in [4.78, 5) is 33.1. The Labute approximate surface area is 206 Å². The molecular weight excluding hydrogens is 470 g/mol. The number of hydrogen-bond acceptors (Lipinski definition) is 10. The molecule has 1 atom stereocenters. The van der Waals surface area contributed by atoms with E-state index in [1.165, 1.54) is 22.4 Å². The Kier molecular flexibility index (Phi) is 5.72. The van der Waals surface area contributed by atoms with E-state index in [0.29, 0.717) is 5.91 Å². The average molecular weight is 498 g/mol. The lowest BCUT2D eigenvalue weighted by Gasteiger charge is -2.35. The summed E-state index contributed by atoms with van der Waals surface area (Å²) in [6, 6.07) is 4.03. The number of hydrazine groups is 1. The molecule has 0 spiro atoms. The number of nitrogens with zero attached hydrogens (tertiary/aromatic N) is 4. The lowest BCUT2D eigenvalue weighted by atomic mass is 9.86. The van der Waals surface area contributed by atoms with Gasteiger partial charge >= 0.3 is 0 Å². The van der Waals surface area contributed by atoms with Crippen LogP contribution in [-0.4, -0.2) is 66.0 Å². The predicted octanol–water partition coefficient (Wildman–Crippen LogP) is 3.26. The molecule has 1 amide bonds. The fraction of sp³-hybridized carbons (Fsp3) is 0.435. The summed E-state index contributed by atoms with van der Waals surface area (Å²) < 4.78 is 5.63. The van der Waals surface area contributed by atoms with Crippen LogP contribution < -0.4 is 20.3 Å². The molecule has 6 rings (SSSR count). The maximum Gasteiger partial charge on any atom is 0.226 e. The van der Waals surface area contributed by atoms with Gasteiger partial charge in [-0.15, -0.1) is 11.3 Å². The monoisotopic (exact) mass is 497 g/mol. The van der Waals surface area contributed by atoms with Gasteiger partial charge in [0.2, 0.25) is 5.91 Å². The van der Waals surface area contributed by atoms with Gasteiger partial charge in [-0.1, -0.05) is 0 Å². The number of carbonyl (C=O) groups excluding carboxylic acids is 1. The number of methoxy groups -OCH3 is 1. The van der Waals surface area contributed by atoms with E-state index in [2.05, 4.69) is 48.5 Å². The number of thiophene rings is 1. The van der Waals surface area contributed by atoms with E-state index in [-0.39, 0.29) is 5.92 Å². The average Bonchev–Trinajstić information content (AvgIpc) is 3.47. The molecule has 0 bridgehead atoms. The van der Waals surface area contributed by atoms with Gasteiger partial charge < -0.3 is 25.3 Å². The van der Waals surface area contributed by atoms with Gasteiger partial charge in [0, 0.05) is 43.0 Å². The van der Waals surface area contributed by atoms with Crippen LogP contribution in [0.5, 0.6) is 5.75 Å². The number of carbonyl (C=O) groups is 1. The number of hydrogen-bond donors (Lipinski definition) is 3. The van der Waals surface area contributed by atoms with Crippen molar-refractivity contribution in [2.75, 3.05) is 51.1 Å². The molecule has 178 valence electrons. The van der Waals surface area contributed by atoms with Crippen molar-refractivity contribution in [3.05, 3.63) is 28.9 Å². The van der Waals surface area contributed by atoms with E-state index in [4.69, 9.17) is 4.74 Å². The lowest BCUT2D eigenvalue weighted by molar-refractivity contribution is -0.137. The van der Waals surface area contributed by atoms with Crippen LogP contribution in [0.3, 0.4) is 0 Å². The number of ether oxygens (including phenoxy) is 1. The zero-order valence-electron chi connectivity index (χ0n) is 19.2. The second-order valence-corrected chi connectivity index (χ2v) is 10.9.